The van der Waals surface area contributed by atoms with E-state index in [1.54, 1.807) is 0 Å². The molecule has 0 saturated carbocycles. The minimum Gasteiger partial charge on any atom is -0.135 e. The van der Waals surface area contributed by atoms with Crippen molar-refractivity contribution in [2.75, 3.05) is 0 Å². The second-order valence-corrected chi connectivity index (χ2v) is 17.7. The molecule has 2 heterocycles. The summed E-state index contributed by atoms with van der Waals surface area (Å²) < 4.78 is 5.44. The lowest BCUT2D eigenvalue weighted by molar-refractivity contribution is 0.660. The van der Waals surface area contributed by atoms with Crippen LogP contribution >= 0.6 is 22.7 Å². The molecule has 258 valence electrons. The van der Waals surface area contributed by atoms with E-state index in [-0.39, 0.29) is 5.41 Å². The van der Waals surface area contributed by atoms with E-state index in [9.17, 15) is 0 Å². The van der Waals surface area contributed by atoms with Crippen LogP contribution in [0, 0.1) is 0 Å². The van der Waals surface area contributed by atoms with Crippen molar-refractivity contribution < 1.29 is 0 Å². The molecule has 0 unspecified atom stereocenters. The second kappa shape index (κ2) is 11.5. The highest BCUT2D eigenvalue weighted by molar-refractivity contribution is 7.27. The smallest absolute Gasteiger partial charge is 0.0433 e. The Labute approximate surface area is 327 Å². The molecule has 0 bridgehead atoms. The van der Waals surface area contributed by atoms with Gasteiger partial charge in [0.15, 0.2) is 0 Å². The number of benzene rings is 9. The van der Waals surface area contributed by atoms with Gasteiger partial charge in [-0.25, -0.2) is 0 Å². The third kappa shape index (κ3) is 4.44. The maximum absolute atomic E-state index is 2.49. The van der Waals surface area contributed by atoms with Crippen molar-refractivity contribution in [2.45, 2.75) is 19.3 Å². The van der Waals surface area contributed by atoms with Crippen LogP contribution in [0.5, 0.6) is 0 Å². The van der Waals surface area contributed by atoms with Gasteiger partial charge in [-0.05, 0) is 108 Å². The van der Waals surface area contributed by atoms with Crippen LogP contribution in [-0.2, 0) is 5.41 Å². The van der Waals surface area contributed by atoms with E-state index in [4.69, 9.17) is 0 Å². The van der Waals surface area contributed by atoms with Gasteiger partial charge < -0.3 is 0 Å². The Morgan fingerprint density at radius 1 is 0.327 bits per heavy atom. The summed E-state index contributed by atoms with van der Waals surface area (Å²) in [5.74, 6) is 0. The summed E-state index contributed by atoms with van der Waals surface area (Å²) in [5, 5.41) is 10.6. The Morgan fingerprint density at radius 3 is 1.64 bits per heavy atom. The summed E-state index contributed by atoms with van der Waals surface area (Å²) in [6, 6.07) is 63.8. The van der Waals surface area contributed by atoms with Gasteiger partial charge in [-0.15, -0.1) is 22.7 Å². The minimum absolute atomic E-state index is 0.132. The molecule has 2 heteroatoms. The number of hydrogen-bond acceptors (Lipinski definition) is 2. The van der Waals surface area contributed by atoms with Crippen molar-refractivity contribution in [2.24, 2.45) is 0 Å². The van der Waals surface area contributed by atoms with Gasteiger partial charge in [0.25, 0.3) is 0 Å². The Morgan fingerprint density at radius 2 is 0.909 bits per heavy atom. The molecule has 0 aliphatic heterocycles. The molecule has 11 aromatic rings. The van der Waals surface area contributed by atoms with Crippen molar-refractivity contribution in [1.82, 2.24) is 0 Å². The average Bonchev–Trinajstić information content (AvgIpc) is 3.85. The summed E-state index contributed by atoms with van der Waals surface area (Å²) in [5.41, 5.74) is 13.1. The van der Waals surface area contributed by atoms with Crippen LogP contribution in [0.4, 0.5) is 0 Å². The van der Waals surface area contributed by atoms with Crippen LogP contribution in [0.1, 0.15) is 25.0 Å². The molecule has 9 aromatic carbocycles. The highest BCUT2D eigenvalue weighted by Crippen LogP contribution is 2.53. The lowest BCUT2D eigenvalue weighted by atomic mass is 9.80. The summed E-state index contributed by atoms with van der Waals surface area (Å²) in [6.45, 7) is 4.80. The standard InChI is InChI=1S/C53H34S2/c1-53(2)45-26-24-32(34-20-12-21-41-44-30-48-43(29-49(44)55-52(34)41)36-15-10-11-22-47(36)54-48)27-42(45)35-25-23-33(28-46(35)53)51-39-18-8-6-16-37(39)50(31-13-4-3-5-14-31)38-17-7-9-19-40(38)51/h3-30H,1-2H3. The predicted molar refractivity (Wildman–Crippen MR) is 241 cm³/mol. The van der Waals surface area contributed by atoms with Crippen molar-refractivity contribution >= 4 is 84.6 Å². The van der Waals surface area contributed by atoms with Crippen molar-refractivity contribution in [3.05, 3.63) is 181 Å². The van der Waals surface area contributed by atoms with E-state index in [0.717, 1.165) is 0 Å². The molecule has 1 aliphatic rings. The number of rotatable bonds is 3. The number of thiophene rings is 2. The van der Waals surface area contributed by atoms with Crippen LogP contribution in [-0.4, -0.2) is 0 Å². The van der Waals surface area contributed by atoms with E-state index < -0.39 is 0 Å². The zero-order chi connectivity index (χ0) is 36.4. The van der Waals surface area contributed by atoms with Gasteiger partial charge in [-0.2, -0.15) is 0 Å². The highest BCUT2D eigenvalue weighted by Gasteiger charge is 2.36. The molecule has 1 aliphatic carbocycles. The van der Waals surface area contributed by atoms with Gasteiger partial charge >= 0.3 is 0 Å². The maximum atomic E-state index is 2.49. The Balaban J connectivity index is 1.02. The molecule has 12 rings (SSSR count). The van der Waals surface area contributed by atoms with Gasteiger partial charge in [-0.1, -0.05) is 153 Å². The molecule has 0 spiro atoms. The fraction of sp³-hybridized carbons (Fsp3) is 0.0566. The fourth-order valence-corrected chi connectivity index (χ4v) is 12.1. The quantitative estimate of drug-likeness (QED) is 0.159. The first-order valence-corrected chi connectivity index (χ1v) is 20.7. The molecular weight excluding hydrogens is 701 g/mol. The minimum atomic E-state index is -0.132. The molecular formula is C53H34S2. The monoisotopic (exact) mass is 734 g/mol. The molecule has 0 radical (unpaired) electrons. The molecule has 55 heavy (non-hydrogen) atoms. The van der Waals surface area contributed by atoms with Crippen molar-refractivity contribution in [1.29, 1.82) is 0 Å². The first-order valence-electron chi connectivity index (χ1n) is 19.1. The van der Waals surface area contributed by atoms with E-state index in [2.05, 4.69) is 184 Å². The Hall–Kier alpha value is -6.06. The van der Waals surface area contributed by atoms with Crippen LogP contribution in [0.15, 0.2) is 170 Å². The maximum Gasteiger partial charge on any atom is 0.0433 e. The van der Waals surface area contributed by atoms with Crippen LogP contribution in [0.25, 0.3) is 106 Å². The number of fused-ring (bicyclic) bond motifs is 11. The molecule has 2 aromatic heterocycles. The van der Waals surface area contributed by atoms with Gasteiger partial charge in [0.1, 0.15) is 0 Å². The van der Waals surface area contributed by atoms with Crippen molar-refractivity contribution in [3.63, 3.8) is 0 Å². The molecule has 0 fully saturated rings. The average molecular weight is 735 g/mol. The molecule has 0 amide bonds. The molecule has 0 atom stereocenters. The lowest BCUT2D eigenvalue weighted by Gasteiger charge is -2.23. The van der Waals surface area contributed by atoms with Gasteiger partial charge in [-0.3, -0.25) is 0 Å². The third-order valence-electron chi connectivity index (χ3n) is 12.3. The summed E-state index contributed by atoms with van der Waals surface area (Å²) in [7, 11) is 0. The SMILES string of the molecule is CC1(C)c2ccc(-c3cccc4c3sc3cc5c(cc34)sc3ccccc35)cc2-c2ccc(-c3c4ccccc4c(-c4ccccc4)c4ccccc34)cc21. The summed E-state index contributed by atoms with van der Waals surface area (Å²) >= 11 is 3.83. The van der Waals surface area contributed by atoms with E-state index in [1.165, 1.54) is 118 Å². The van der Waals surface area contributed by atoms with Crippen molar-refractivity contribution in [3.8, 4) is 44.5 Å². The fourth-order valence-electron chi connectivity index (χ4n) is 9.67. The van der Waals surface area contributed by atoms with Gasteiger partial charge in [0, 0.05) is 45.8 Å². The van der Waals surface area contributed by atoms with E-state index in [1.807, 2.05) is 22.7 Å². The first kappa shape index (κ1) is 31.3. The van der Waals surface area contributed by atoms with E-state index in [0.29, 0.717) is 0 Å². The Bertz CT molecular complexity index is 3340. The van der Waals surface area contributed by atoms with Crippen LogP contribution in [0.3, 0.4) is 0 Å². The summed E-state index contributed by atoms with van der Waals surface area (Å²) in [6.07, 6.45) is 0. The normalized spacial score (nSPS) is 13.4. The summed E-state index contributed by atoms with van der Waals surface area (Å²) in [4.78, 5) is 0. The zero-order valence-corrected chi connectivity index (χ0v) is 32.1. The third-order valence-corrected chi connectivity index (χ3v) is 14.6. The van der Waals surface area contributed by atoms with E-state index >= 15 is 0 Å². The zero-order valence-electron chi connectivity index (χ0n) is 30.5. The molecule has 0 nitrogen and oxygen atoms in total. The second-order valence-electron chi connectivity index (χ2n) is 15.6. The van der Waals surface area contributed by atoms with Crippen LogP contribution in [0.2, 0.25) is 0 Å². The van der Waals surface area contributed by atoms with Gasteiger partial charge in [0.2, 0.25) is 0 Å². The first-order chi connectivity index (χ1) is 27.0. The van der Waals surface area contributed by atoms with Crippen LogP contribution < -0.4 is 0 Å². The molecule has 0 N–H and O–H groups in total. The van der Waals surface area contributed by atoms with Gasteiger partial charge in [0.05, 0.1) is 0 Å². The largest absolute Gasteiger partial charge is 0.135 e. The predicted octanol–water partition coefficient (Wildman–Crippen LogP) is 16.0. The molecule has 0 saturated heterocycles. The topological polar surface area (TPSA) is 0 Å². The number of hydrogen-bond donors (Lipinski definition) is 0. The Kier molecular flexibility index (Phi) is 6.53. The highest BCUT2D eigenvalue weighted by atomic mass is 32.1. The lowest BCUT2D eigenvalue weighted by Crippen LogP contribution is -2.15.